The molecule has 0 radical (unpaired) electrons. The molecule has 0 heterocycles. The van der Waals surface area contributed by atoms with E-state index < -0.39 is 0 Å². The van der Waals surface area contributed by atoms with E-state index in [0.29, 0.717) is 0 Å². The molecule has 1 aromatic carbocycles. The van der Waals surface area contributed by atoms with Crippen LogP contribution in [0.25, 0.3) is 0 Å². The average molecular weight is 208 g/mol. The van der Waals surface area contributed by atoms with E-state index in [1.165, 1.54) is 0 Å². The van der Waals surface area contributed by atoms with E-state index in [2.05, 4.69) is 6.72 Å². The van der Waals surface area contributed by atoms with Crippen LogP contribution in [0.5, 0.6) is 0 Å². The van der Waals surface area contributed by atoms with Crippen molar-refractivity contribution >= 4 is 6.72 Å². The van der Waals surface area contributed by atoms with Crippen molar-refractivity contribution in [1.82, 2.24) is 0 Å². The molecule has 0 amide bonds. The first-order valence-electron chi connectivity index (χ1n) is 5.45. The van der Waals surface area contributed by atoms with Crippen LogP contribution < -0.4 is 0 Å². The Labute approximate surface area is 92.9 Å². The van der Waals surface area contributed by atoms with Gasteiger partial charge in [-0.2, -0.15) is 0 Å². The molecule has 1 unspecified atom stereocenters. The first-order chi connectivity index (χ1) is 7.20. The van der Waals surface area contributed by atoms with Gasteiger partial charge in [-0.1, -0.05) is 44.2 Å². The number of aliphatic hydroxyl groups is 1. The fraction of sp³-hybridized carbons (Fsp3) is 0.462. The molecule has 0 bridgehead atoms. The summed E-state index contributed by atoms with van der Waals surface area (Å²) < 4.78 is 1.83. The lowest BCUT2D eigenvalue weighted by Gasteiger charge is -2.08. The Kier molecular flexibility index (Phi) is 7.56. The summed E-state index contributed by atoms with van der Waals surface area (Å²) in [5.74, 6) is 0. The van der Waals surface area contributed by atoms with Crippen LogP contribution in [-0.2, 0) is 0 Å². The second-order valence-electron chi connectivity index (χ2n) is 3.29. The summed E-state index contributed by atoms with van der Waals surface area (Å²) in [6.07, 6.45) is 0.356. The molecular weight excluding hydrogens is 186 g/mol. The van der Waals surface area contributed by atoms with Crippen molar-refractivity contribution in [3.8, 4) is 0 Å². The normalized spacial score (nSPS) is 11.2. The standard InChI is InChI=1S/C11H16NO.C2H6/c1-12(2)9-8-11(13)10-6-4-3-5-7-10;1-2/h3-7,11,13H,1,8-9H2,2H3;1-2H3/q+1;. The second kappa shape index (κ2) is 8.18. The molecule has 2 nitrogen and oxygen atoms in total. The lowest BCUT2D eigenvalue weighted by molar-refractivity contribution is -0.490. The van der Waals surface area contributed by atoms with Crippen LogP contribution in [-0.4, -0.2) is 30.0 Å². The molecule has 15 heavy (non-hydrogen) atoms. The molecule has 0 saturated carbocycles. The van der Waals surface area contributed by atoms with Gasteiger partial charge in [0.05, 0.1) is 6.10 Å². The third kappa shape index (κ3) is 6.02. The quantitative estimate of drug-likeness (QED) is 0.596. The Morgan fingerprint density at radius 1 is 1.27 bits per heavy atom. The van der Waals surface area contributed by atoms with Crippen LogP contribution in [0.3, 0.4) is 0 Å². The molecule has 0 spiro atoms. The SMILES string of the molecule is C=[N+](C)CCC(O)c1ccccc1.CC. The van der Waals surface area contributed by atoms with Gasteiger partial charge in [-0.15, -0.1) is 0 Å². The van der Waals surface area contributed by atoms with E-state index >= 15 is 0 Å². The van der Waals surface area contributed by atoms with Crippen LogP contribution in [0.1, 0.15) is 31.9 Å². The van der Waals surface area contributed by atoms with Gasteiger partial charge in [0, 0.05) is 6.42 Å². The molecule has 1 N–H and O–H groups in total. The van der Waals surface area contributed by atoms with E-state index in [1.807, 2.05) is 55.8 Å². The summed E-state index contributed by atoms with van der Waals surface area (Å²) in [6, 6.07) is 9.70. The highest BCUT2D eigenvalue weighted by Gasteiger charge is 2.07. The van der Waals surface area contributed by atoms with Gasteiger partial charge in [0.25, 0.3) is 0 Å². The third-order valence-electron chi connectivity index (χ3n) is 1.97. The van der Waals surface area contributed by atoms with E-state index in [9.17, 15) is 5.11 Å². The fourth-order valence-corrected chi connectivity index (χ4v) is 1.18. The van der Waals surface area contributed by atoms with Crippen molar-refractivity contribution < 1.29 is 9.68 Å². The fourth-order valence-electron chi connectivity index (χ4n) is 1.18. The first-order valence-corrected chi connectivity index (χ1v) is 5.45. The Balaban J connectivity index is 0.000000921. The predicted octanol–water partition coefficient (Wildman–Crippen LogP) is 2.48. The smallest absolute Gasteiger partial charge is 0.144 e. The maximum absolute atomic E-state index is 9.71. The maximum atomic E-state index is 9.71. The summed E-state index contributed by atoms with van der Waals surface area (Å²) in [6.45, 7) is 8.53. The van der Waals surface area contributed by atoms with Gasteiger partial charge >= 0.3 is 0 Å². The molecule has 0 aliphatic rings. The lowest BCUT2D eigenvalue weighted by atomic mass is 10.1. The molecule has 2 heteroatoms. The molecule has 0 aliphatic heterocycles. The lowest BCUT2D eigenvalue weighted by Crippen LogP contribution is -2.09. The molecule has 0 aromatic heterocycles. The zero-order valence-corrected chi connectivity index (χ0v) is 9.98. The summed E-state index contributed by atoms with van der Waals surface area (Å²) in [5, 5.41) is 9.71. The van der Waals surface area contributed by atoms with Crippen molar-refractivity contribution in [3.05, 3.63) is 35.9 Å². The molecule has 84 valence electrons. The van der Waals surface area contributed by atoms with Gasteiger partial charge in [0.1, 0.15) is 20.3 Å². The van der Waals surface area contributed by atoms with Crippen LogP contribution in [0.15, 0.2) is 30.3 Å². The molecule has 1 rings (SSSR count). The largest absolute Gasteiger partial charge is 0.388 e. The van der Waals surface area contributed by atoms with Crippen LogP contribution >= 0.6 is 0 Å². The summed E-state index contributed by atoms with van der Waals surface area (Å²) in [7, 11) is 1.90. The molecule has 1 aromatic rings. The second-order valence-corrected chi connectivity index (χ2v) is 3.29. The van der Waals surface area contributed by atoms with Crippen molar-refractivity contribution in [2.45, 2.75) is 26.4 Å². The van der Waals surface area contributed by atoms with Crippen molar-refractivity contribution in [2.75, 3.05) is 13.6 Å². The molecule has 0 saturated heterocycles. The predicted molar refractivity (Wildman–Crippen MR) is 65.5 cm³/mol. The van der Waals surface area contributed by atoms with Gasteiger partial charge < -0.3 is 5.11 Å². The number of rotatable bonds is 4. The summed E-state index contributed by atoms with van der Waals surface area (Å²) >= 11 is 0. The molecule has 0 aliphatic carbocycles. The topological polar surface area (TPSA) is 23.2 Å². The van der Waals surface area contributed by atoms with Crippen LogP contribution in [0, 0.1) is 0 Å². The highest BCUT2D eigenvalue weighted by Crippen LogP contribution is 2.14. The highest BCUT2D eigenvalue weighted by molar-refractivity contribution is 5.17. The maximum Gasteiger partial charge on any atom is 0.144 e. The molecular formula is C13H22NO+. The molecule has 0 fully saturated rings. The van der Waals surface area contributed by atoms with Crippen molar-refractivity contribution in [1.29, 1.82) is 0 Å². The number of hydrogen-bond acceptors (Lipinski definition) is 1. The van der Waals surface area contributed by atoms with Gasteiger partial charge in [-0.25, -0.2) is 4.58 Å². The highest BCUT2D eigenvalue weighted by atomic mass is 16.3. The number of benzene rings is 1. The van der Waals surface area contributed by atoms with Gasteiger partial charge in [-0.3, -0.25) is 0 Å². The van der Waals surface area contributed by atoms with E-state index in [0.717, 1.165) is 18.5 Å². The third-order valence-corrected chi connectivity index (χ3v) is 1.97. The Morgan fingerprint density at radius 2 is 1.80 bits per heavy atom. The van der Waals surface area contributed by atoms with Crippen molar-refractivity contribution in [2.24, 2.45) is 0 Å². The number of aliphatic hydroxyl groups excluding tert-OH is 1. The summed E-state index contributed by atoms with van der Waals surface area (Å²) in [4.78, 5) is 0. The molecule has 1 atom stereocenters. The number of nitrogens with zero attached hydrogens (tertiary/aromatic N) is 1. The minimum atomic E-state index is -0.370. The summed E-state index contributed by atoms with van der Waals surface area (Å²) in [5.41, 5.74) is 0.976. The minimum Gasteiger partial charge on any atom is -0.388 e. The van der Waals surface area contributed by atoms with Crippen molar-refractivity contribution in [3.63, 3.8) is 0 Å². The van der Waals surface area contributed by atoms with Crippen LogP contribution in [0.4, 0.5) is 0 Å². The zero-order valence-electron chi connectivity index (χ0n) is 9.98. The minimum absolute atomic E-state index is 0.370. The first kappa shape index (κ1) is 13.8. The van der Waals surface area contributed by atoms with E-state index in [-0.39, 0.29) is 6.10 Å². The van der Waals surface area contributed by atoms with Gasteiger partial charge in [0.15, 0.2) is 0 Å². The van der Waals surface area contributed by atoms with E-state index in [1.54, 1.807) is 0 Å². The van der Waals surface area contributed by atoms with E-state index in [4.69, 9.17) is 0 Å². The number of hydrogen-bond donors (Lipinski definition) is 1. The Bertz CT molecular complexity index is 269. The van der Waals surface area contributed by atoms with Gasteiger partial charge in [-0.05, 0) is 5.56 Å². The Hall–Kier alpha value is -1.15. The van der Waals surface area contributed by atoms with Crippen LogP contribution in [0.2, 0.25) is 0 Å². The Morgan fingerprint density at radius 3 is 2.27 bits per heavy atom. The zero-order chi connectivity index (χ0) is 11.7. The van der Waals surface area contributed by atoms with Gasteiger partial charge in [0.2, 0.25) is 0 Å². The monoisotopic (exact) mass is 208 g/mol. The average Bonchev–Trinajstić information content (AvgIpc) is 2.30.